The first-order valence-electron chi connectivity index (χ1n) is 5.75. The lowest BCUT2D eigenvalue weighted by atomic mass is 10.2. The van der Waals surface area contributed by atoms with Crippen molar-refractivity contribution in [2.24, 2.45) is 0 Å². The van der Waals surface area contributed by atoms with E-state index in [9.17, 15) is 0 Å². The summed E-state index contributed by atoms with van der Waals surface area (Å²) in [5.74, 6) is 0. The molecule has 2 heterocycles. The number of nitrogens with one attached hydrogen (secondary N) is 2. The van der Waals surface area contributed by atoms with Crippen molar-refractivity contribution >= 4 is 16.7 Å². The molecule has 1 aromatic carbocycles. The molecule has 0 radical (unpaired) electrons. The molecular weight excluding hydrogens is 200 g/mol. The van der Waals surface area contributed by atoms with Gasteiger partial charge in [-0.15, -0.1) is 0 Å². The van der Waals surface area contributed by atoms with Gasteiger partial charge in [-0.3, -0.25) is 0 Å². The van der Waals surface area contributed by atoms with Gasteiger partial charge in [-0.2, -0.15) is 0 Å². The number of imidazole rings is 1. The smallest absolute Gasteiger partial charge is 0.112 e. The van der Waals surface area contributed by atoms with Crippen LogP contribution in [-0.4, -0.2) is 35.6 Å². The van der Waals surface area contributed by atoms with E-state index in [1.807, 2.05) is 0 Å². The molecule has 4 nitrogen and oxygen atoms in total. The van der Waals surface area contributed by atoms with Crippen molar-refractivity contribution in [1.82, 2.24) is 15.3 Å². The first kappa shape index (κ1) is 9.66. The second-order valence-electron chi connectivity index (χ2n) is 4.38. The Balaban J connectivity index is 2.01. The summed E-state index contributed by atoms with van der Waals surface area (Å²) in [6, 6.07) is 6.85. The van der Waals surface area contributed by atoms with E-state index in [0.717, 1.165) is 30.7 Å². The molecule has 1 aromatic heterocycles. The number of rotatable bonds is 1. The summed E-state index contributed by atoms with van der Waals surface area (Å²) >= 11 is 0. The number of H-pyrrole nitrogens is 1. The van der Waals surface area contributed by atoms with Gasteiger partial charge in [0.1, 0.15) is 5.52 Å². The maximum atomic E-state index is 4.40. The summed E-state index contributed by atoms with van der Waals surface area (Å²) in [7, 11) is 0. The van der Waals surface area contributed by atoms with Crippen molar-refractivity contribution in [3.05, 3.63) is 24.5 Å². The number of piperazine rings is 1. The predicted molar refractivity (Wildman–Crippen MR) is 65.8 cm³/mol. The Morgan fingerprint density at radius 2 is 2.38 bits per heavy atom. The molecule has 2 aromatic rings. The quantitative estimate of drug-likeness (QED) is 0.756. The SMILES string of the molecule is C[C@@H]1CN(c2cccc3[nH]cnc23)CCN1. The minimum atomic E-state index is 0.544. The highest BCUT2D eigenvalue weighted by atomic mass is 15.2. The number of nitrogens with zero attached hydrogens (tertiary/aromatic N) is 2. The molecule has 0 amide bonds. The summed E-state index contributed by atoms with van der Waals surface area (Å²) in [5.41, 5.74) is 3.44. The number of benzene rings is 1. The second kappa shape index (κ2) is 3.79. The zero-order valence-corrected chi connectivity index (χ0v) is 9.40. The van der Waals surface area contributed by atoms with Gasteiger partial charge in [-0.05, 0) is 19.1 Å². The predicted octanol–water partition coefficient (Wildman–Crippen LogP) is 1.36. The third-order valence-electron chi connectivity index (χ3n) is 3.14. The van der Waals surface area contributed by atoms with Gasteiger partial charge < -0.3 is 15.2 Å². The first-order chi connectivity index (χ1) is 7.84. The Kier molecular flexibility index (Phi) is 2.29. The standard InChI is InChI=1S/C12H16N4/c1-9-7-16(6-5-13-9)11-4-2-3-10-12(11)15-8-14-10/h2-4,8-9,13H,5-7H2,1H3,(H,14,15)/t9-/m1/s1. The fraction of sp³-hybridized carbons (Fsp3) is 0.417. The van der Waals surface area contributed by atoms with Crippen molar-refractivity contribution in [2.45, 2.75) is 13.0 Å². The fourth-order valence-corrected chi connectivity index (χ4v) is 2.36. The number of hydrogen-bond donors (Lipinski definition) is 2. The lowest BCUT2D eigenvalue weighted by Gasteiger charge is -2.33. The lowest BCUT2D eigenvalue weighted by molar-refractivity contribution is 0.485. The zero-order valence-electron chi connectivity index (χ0n) is 9.40. The summed E-state index contributed by atoms with van der Waals surface area (Å²) in [5, 5.41) is 3.45. The van der Waals surface area contributed by atoms with Gasteiger partial charge in [0.2, 0.25) is 0 Å². The number of anilines is 1. The van der Waals surface area contributed by atoms with Crippen molar-refractivity contribution in [1.29, 1.82) is 0 Å². The molecule has 0 bridgehead atoms. The van der Waals surface area contributed by atoms with E-state index in [1.165, 1.54) is 5.69 Å². The second-order valence-corrected chi connectivity index (χ2v) is 4.38. The van der Waals surface area contributed by atoms with Crippen LogP contribution in [0.15, 0.2) is 24.5 Å². The van der Waals surface area contributed by atoms with Crippen LogP contribution in [0.3, 0.4) is 0 Å². The summed E-state index contributed by atoms with van der Waals surface area (Å²) in [4.78, 5) is 9.97. The Labute approximate surface area is 94.7 Å². The van der Waals surface area contributed by atoms with E-state index in [2.05, 4.69) is 45.3 Å². The highest BCUT2D eigenvalue weighted by molar-refractivity contribution is 5.88. The van der Waals surface area contributed by atoms with Crippen molar-refractivity contribution in [3.8, 4) is 0 Å². The largest absolute Gasteiger partial charge is 0.367 e. The molecule has 1 saturated heterocycles. The first-order valence-corrected chi connectivity index (χ1v) is 5.75. The molecule has 4 heteroatoms. The van der Waals surface area contributed by atoms with Crippen LogP contribution in [0.2, 0.25) is 0 Å². The van der Waals surface area contributed by atoms with Crippen LogP contribution in [-0.2, 0) is 0 Å². The molecule has 84 valence electrons. The van der Waals surface area contributed by atoms with E-state index in [4.69, 9.17) is 0 Å². The molecule has 1 atom stereocenters. The maximum absolute atomic E-state index is 4.40. The molecule has 1 aliphatic heterocycles. The maximum Gasteiger partial charge on any atom is 0.112 e. The average molecular weight is 216 g/mol. The summed E-state index contributed by atoms with van der Waals surface area (Å²) < 4.78 is 0. The molecule has 0 aliphatic carbocycles. The van der Waals surface area contributed by atoms with Crippen molar-refractivity contribution in [3.63, 3.8) is 0 Å². The normalized spacial score (nSPS) is 21.6. The highest BCUT2D eigenvalue weighted by Crippen LogP contribution is 2.24. The monoisotopic (exact) mass is 216 g/mol. The van der Waals surface area contributed by atoms with E-state index >= 15 is 0 Å². The van der Waals surface area contributed by atoms with Crippen molar-refractivity contribution < 1.29 is 0 Å². The molecule has 1 fully saturated rings. The molecule has 0 unspecified atom stereocenters. The Morgan fingerprint density at radius 1 is 1.44 bits per heavy atom. The zero-order chi connectivity index (χ0) is 11.0. The molecular formula is C12H16N4. The van der Waals surface area contributed by atoms with Gasteiger partial charge in [-0.25, -0.2) is 4.98 Å². The molecule has 3 rings (SSSR count). The van der Waals surface area contributed by atoms with E-state index in [1.54, 1.807) is 6.33 Å². The van der Waals surface area contributed by atoms with E-state index < -0.39 is 0 Å². The van der Waals surface area contributed by atoms with Crippen LogP contribution in [0.25, 0.3) is 11.0 Å². The van der Waals surface area contributed by atoms with E-state index in [-0.39, 0.29) is 0 Å². The van der Waals surface area contributed by atoms with Gasteiger partial charge in [0, 0.05) is 25.7 Å². The third-order valence-corrected chi connectivity index (χ3v) is 3.14. The van der Waals surface area contributed by atoms with Gasteiger partial charge in [0.15, 0.2) is 0 Å². The van der Waals surface area contributed by atoms with Crippen LogP contribution in [0, 0.1) is 0 Å². The minimum Gasteiger partial charge on any atom is -0.367 e. The number of fused-ring (bicyclic) bond motifs is 1. The molecule has 0 saturated carbocycles. The van der Waals surface area contributed by atoms with Gasteiger partial charge in [-0.1, -0.05) is 6.07 Å². The van der Waals surface area contributed by atoms with Gasteiger partial charge >= 0.3 is 0 Å². The minimum absolute atomic E-state index is 0.544. The van der Waals surface area contributed by atoms with Crippen LogP contribution in [0.5, 0.6) is 0 Å². The van der Waals surface area contributed by atoms with E-state index in [0.29, 0.717) is 6.04 Å². The number of para-hydroxylation sites is 1. The van der Waals surface area contributed by atoms with Crippen LogP contribution in [0.4, 0.5) is 5.69 Å². The summed E-state index contributed by atoms with van der Waals surface area (Å²) in [6.07, 6.45) is 1.76. The molecule has 0 spiro atoms. The van der Waals surface area contributed by atoms with Gasteiger partial charge in [0.25, 0.3) is 0 Å². The van der Waals surface area contributed by atoms with Crippen LogP contribution >= 0.6 is 0 Å². The fourth-order valence-electron chi connectivity index (χ4n) is 2.36. The Hall–Kier alpha value is -1.55. The Bertz CT molecular complexity index is 490. The number of hydrogen-bond acceptors (Lipinski definition) is 3. The van der Waals surface area contributed by atoms with Crippen LogP contribution < -0.4 is 10.2 Å². The number of aromatic amines is 1. The molecule has 2 N–H and O–H groups in total. The van der Waals surface area contributed by atoms with Crippen LogP contribution in [0.1, 0.15) is 6.92 Å². The lowest BCUT2D eigenvalue weighted by Crippen LogP contribution is -2.49. The van der Waals surface area contributed by atoms with Gasteiger partial charge in [0.05, 0.1) is 17.5 Å². The highest BCUT2D eigenvalue weighted by Gasteiger charge is 2.18. The Morgan fingerprint density at radius 3 is 3.25 bits per heavy atom. The topological polar surface area (TPSA) is 44.0 Å². The summed E-state index contributed by atoms with van der Waals surface area (Å²) in [6.45, 7) is 5.36. The molecule has 16 heavy (non-hydrogen) atoms. The molecule has 1 aliphatic rings. The average Bonchev–Trinajstić information content (AvgIpc) is 2.76. The number of aromatic nitrogens is 2. The third kappa shape index (κ3) is 1.55. The van der Waals surface area contributed by atoms with Crippen molar-refractivity contribution in [2.75, 3.05) is 24.5 Å².